The molecule has 1 heterocycles. The fourth-order valence-electron chi connectivity index (χ4n) is 1.51. The lowest BCUT2D eigenvalue weighted by atomic mass is 10.3. The van der Waals surface area contributed by atoms with Gasteiger partial charge in [0, 0.05) is 6.07 Å². The highest BCUT2D eigenvalue weighted by atomic mass is 32.2. The highest BCUT2D eigenvalue weighted by molar-refractivity contribution is 7.92. The third kappa shape index (κ3) is 3.00. The molecule has 2 rings (SSSR count). The van der Waals surface area contributed by atoms with Gasteiger partial charge in [0.05, 0.1) is 10.8 Å². The molecule has 0 saturated heterocycles. The minimum atomic E-state index is -5.04. The molecule has 0 amide bonds. The van der Waals surface area contributed by atoms with Gasteiger partial charge in [-0.05, 0) is 18.9 Å². The summed E-state index contributed by atoms with van der Waals surface area (Å²) >= 11 is 0. The summed E-state index contributed by atoms with van der Waals surface area (Å²) in [7, 11) is -4.06. The Balaban J connectivity index is 2.51. The van der Waals surface area contributed by atoms with Crippen LogP contribution in [0, 0.1) is 0 Å². The predicted molar refractivity (Wildman–Crippen MR) is 58.1 cm³/mol. The van der Waals surface area contributed by atoms with Crippen LogP contribution >= 0.6 is 0 Å². The van der Waals surface area contributed by atoms with Gasteiger partial charge in [0.25, 0.3) is 0 Å². The minimum Gasteiger partial charge on any atom is -0.478 e. The molecule has 0 bridgehead atoms. The fraction of sp³-hybridized carbons (Fsp3) is 0.400. The molecule has 10 heteroatoms. The molecule has 0 unspecified atom stereocenters. The predicted octanol–water partition coefficient (Wildman–Crippen LogP) is 1.61. The van der Waals surface area contributed by atoms with E-state index in [9.17, 15) is 26.4 Å². The number of pyridine rings is 1. The van der Waals surface area contributed by atoms with Crippen LogP contribution in [0.1, 0.15) is 23.2 Å². The molecule has 1 saturated carbocycles. The van der Waals surface area contributed by atoms with Crippen molar-refractivity contribution in [2.75, 3.05) is 0 Å². The Morgan fingerprint density at radius 3 is 2.40 bits per heavy atom. The summed E-state index contributed by atoms with van der Waals surface area (Å²) in [4.78, 5) is 14.1. The first-order valence-corrected chi connectivity index (χ1v) is 6.90. The van der Waals surface area contributed by atoms with Crippen molar-refractivity contribution in [3.8, 4) is 5.88 Å². The summed E-state index contributed by atoms with van der Waals surface area (Å²) in [5.41, 5.74) is -0.675. The molecular formula is C10H8F3NO5S. The van der Waals surface area contributed by atoms with Crippen molar-refractivity contribution < 1.29 is 36.2 Å². The van der Waals surface area contributed by atoms with Gasteiger partial charge in [0.2, 0.25) is 5.88 Å². The molecular weight excluding hydrogens is 303 g/mol. The van der Waals surface area contributed by atoms with E-state index in [-0.39, 0.29) is 0 Å². The van der Waals surface area contributed by atoms with Crippen LogP contribution in [-0.4, -0.2) is 36.1 Å². The number of alkyl halides is 3. The molecule has 1 aliphatic rings. The monoisotopic (exact) mass is 311 g/mol. The molecule has 1 aromatic rings. The quantitative estimate of drug-likeness (QED) is 0.908. The third-order valence-electron chi connectivity index (χ3n) is 2.52. The highest BCUT2D eigenvalue weighted by Gasteiger charge is 2.41. The van der Waals surface area contributed by atoms with Crippen LogP contribution in [0.15, 0.2) is 17.2 Å². The Morgan fingerprint density at radius 2 is 1.95 bits per heavy atom. The van der Waals surface area contributed by atoms with Crippen molar-refractivity contribution >= 4 is 15.8 Å². The van der Waals surface area contributed by atoms with Gasteiger partial charge in [0.1, 0.15) is 0 Å². The Kier molecular flexibility index (Phi) is 3.36. The maximum atomic E-state index is 12.1. The summed E-state index contributed by atoms with van der Waals surface area (Å²) in [5.74, 6) is -2.60. The van der Waals surface area contributed by atoms with Crippen LogP contribution in [0.25, 0.3) is 0 Å². The third-order valence-corrected chi connectivity index (χ3v) is 4.72. The Bertz CT molecular complexity index is 651. The van der Waals surface area contributed by atoms with Crippen LogP contribution in [0.4, 0.5) is 13.2 Å². The number of carboxylic acid groups (broad SMARTS) is 1. The van der Waals surface area contributed by atoms with E-state index in [0.717, 1.165) is 6.07 Å². The molecule has 0 aliphatic heterocycles. The van der Waals surface area contributed by atoms with E-state index in [0.29, 0.717) is 18.9 Å². The van der Waals surface area contributed by atoms with Crippen molar-refractivity contribution in [2.24, 2.45) is 0 Å². The molecule has 0 aromatic carbocycles. The maximum absolute atomic E-state index is 12.1. The Morgan fingerprint density at radius 1 is 1.35 bits per heavy atom. The van der Waals surface area contributed by atoms with Crippen molar-refractivity contribution in [3.63, 3.8) is 0 Å². The largest absolute Gasteiger partial charge is 0.574 e. The van der Waals surface area contributed by atoms with Crippen molar-refractivity contribution in [2.45, 2.75) is 29.5 Å². The van der Waals surface area contributed by atoms with Crippen LogP contribution in [0.5, 0.6) is 5.88 Å². The van der Waals surface area contributed by atoms with Crippen LogP contribution in [-0.2, 0) is 9.84 Å². The molecule has 6 nitrogen and oxygen atoms in total. The lowest BCUT2D eigenvalue weighted by Crippen LogP contribution is -2.20. The number of nitrogens with zero attached hydrogens (tertiary/aromatic N) is 1. The standard InChI is InChI=1S/C10H8F3NO5S/c11-10(12,13)19-7-4-3-6(9(15)16)8(14-7)20(17,18)5-1-2-5/h3-5H,1-2H2,(H,15,16). The second kappa shape index (κ2) is 4.62. The number of aromatic carboxylic acids is 1. The van der Waals surface area contributed by atoms with E-state index < -0.39 is 43.9 Å². The first-order chi connectivity index (χ1) is 9.11. The number of rotatable bonds is 4. The fourth-order valence-corrected chi connectivity index (χ4v) is 3.27. The number of halogens is 3. The molecule has 1 aromatic heterocycles. The number of carbonyl (C=O) groups is 1. The van der Waals surface area contributed by atoms with E-state index in [1.807, 2.05) is 0 Å². The molecule has 110 valence electrons. The summed E-state index contributed by atoms with van der Waals surface area (Å²) in [5, 5.41) is 7.20. The number of ether oxygens (including phenoxy) is 1. The van der Waals surface area contributed by atoms with E-state index in [2.05, 4.69) is 9.72 Å². The second-order valence-corrected chi connectivity index (χ2v) is 6.24. The van der Waals surface area contributed by atoms with Crippen molar-refractivity contribution in [3.05, 3.63) is 17.7 Å². The van der Waals surface area contributed by atoms with Crippen LogP contribution in [0.3, 0.4) is 0 Å². The summed E-state index contributed by atoms with van der Waals surface area (Å²) in [6.45, 7) is 0. The molecule has 0 radical (unpaired) electrons. The molecule has 1 N–H and O–H groups in total. The molecule has 0 spiro atoms. The van der Waals surface area contributed by atoms with Gasteiger partial charge in [-0.15, -0.1) is 13.2 Å². The second-order valence-electron chi connectivity index (χ2n) is 4.10. The maximum Gasteiger partial charge on any atom is 0.574 e. The lowest BCUT2D eigenvalue weighted by Gasteiger charge is -2.11. The zero-order chi connectivity index (χ0) is 15.1. The van der Waals surface area contributed by atoms with Gasteiger partial charge in [-0.25, -0.2) is 18.2 Å². The van der Waals surface area contributed by atoms with Gasteiger partial charge in [-0.1, -0.05) is 0 Å². The van der Waals surface area contributed by atoms with Gasteiger partial charge in [-0.2, -0.15) is 0 Å². The Hall–Kier alpha value is -1.84. The van der Waals surface area contributed by atoms with Gasteiger partial charge in [0.15, 0.2) is 14.9 Å². The zero-order valence-corrected chi connectivity index (χ0v) is 10.5. The summed E-state index contributed by atoms with van der Waals surface area (Å²) < 4.78 is 63.7. The topological polar surface area (TPSA) is 93.6 Å². The molecule has 0 atom stereocenters. The lowest BCUT2D eigenvalue weighted by molar-refractivity contribution is -0.276. The van der Waals surface area contributed by atoms with E-state index in [1.165, 1.54) is 0 Å². The molecule has 20 heavy (non-hydrogen) atoms. The summed E-state index contributed by atoms with van der Waals surface area (Å²) in [6, 6.07) is 1.38. The average molecular weight is 311 g/mol. The average Bonchev–Trinajstić information content (AvgIpc) is 3.10. The van der Waals surface area contributed by atoms with E-state index in [1.54, 1.807) is 0 Å². The van der Waals surface area contributed by atoms with Crippen molar-refractivity contribution in [1.29, 1.82) is 0 Å². The van der Waals surface area contributed by atoms with E-state index in [4.69, 9.17) is 5.11 Å². The molecule has 1 fully saturated rings. The Labute approximate surface area is 111 Å². The van der Waals surface area contributed by atoms with Crippen molar-refractivity contribution in [1.82, 2.24) is 4.98 Å². The first-order valence-electron chi connectivity index (χ1n) is 5.35. The number of sulfone groups is 1. The number of hydrogen-bond donors (Lipinski definition) is 1. The number of carboxylic acids is 1. The van der Waals surface area contributed by atoms with Gasteiger partial charge < -0.3 is 9.84 Å². The number of hydrogen-bond acceptors (Lipinski definition) is 5. The van der Waals surface area contributed by atoms with Crippen LogP contribution in [0.2, 0.25) is 0 Å². The molecule has 1 aliphatic carbocycles. The normalized spacial score (nSPS) is 15.9. The van der Waals surface area contributed by atoms with E-state index >= 15 is 0 Å². The van der Waals surface area contributed by atoms with Gasteiger partial charge >= 0.3 is 12.3 Å². The SMILES string of the molecule is O=C(O)c1ccc(OC(F)(F)F)nc1S(=O)(=O)C1CC1. The smallest absolute Gasteiger partial charge is 0.478 e. The first kappa shape index (κ1) is 14.6. The minimum absolute atomic E-state index is 0.327. The summed E-state index contributed by atoms with van der Waals surface area (Å²) in [6.07, 6.45) is -4.39. The van der Waals surface area contributed by atoms with Gasteiger partial charge in [-0.3, -0.25) is 0 Å². The zero-order valence-electron chi connectivity index (χ0n) is 9.72. The highest BCUT2D eigenvalue weighted by Crippen LogP contribution is 2.35. The van der Waals surface area contributed by atoms with Crippen LogP contribution < -0.4 is 4.74 Å². The number of aromatic nitrogens is 1.